The molecule has 1 unspecified atom stereocenters. The Balaban J connectivity index is 2.19. The second-order valence-corrected chi connectivity index (χ2v) is 5.31. The first-order valence-corrected chi connectivity index (χ1v) is 6.66. The van der Waals surface area contributed by atoms with Gasteiger partial charge in [0.25, 0.3) is 0 Å². The van der Waals surface area contributed by atoms with Gasteiger partial charge in [-0.2, -0.15) is 13.2 Å². The molecule has 0 aliphatic heterocycles. The van der Waals surface area contributed by atoms with Crippen molar-refractivity contribution in [1.82, 2.24) is 0 Å². The van der Waals surface area contributed by atoms with E-state index in [4.69, 9.17) is 11.6 Å². The summed E-state index contributed by atoms with van der Waals surface area (Å²) in [7, 11) is 0. The van der Waals surface area contributed by atoms with E-state index in [1.165, 1.54) is 6.07 Å². The van der Waals surface area contributed by atoms with Gasteiger partial charge in [-0.1, -0.05) is 48.0 Å². The van der Waals surface area contributed by atoms with Crippen molar-refractivity contribution in [3.63, 3.8) is 0 Å². The van der Waals surface area contributed by atoms with E-state index in [1.54, 1.807) is 6.07 Å². The quantitative estimate of drug-likeness (QED) is 0.653. The third-order valence-electron chi connectivity index (χ3n) is 3.07. The van der Waals surface area contributed by atoms with Crippen LogP contribution in [0.15, 0.2) is 48.5 Å². The van der Waals surface area contributed by atoms with E-state index in [9.17, 15) is 13.2 Å². The van der Waals surface area contributed by atoms with Gasteiger partial charge >= 0.3 is 6.18 Å². The summed E-state index contributed by atoms with van der Waals surface area (Å²) in [6.07, 6.45) is -3.83. The van der Waals surface area contributed by atoms with E-state index in [-0.39, 0.29) is 0 Å². The fourth-order valence-electron chi connectivity index (χ4n) is 2.07. The van der Waals surface area contributed by atoms with Crippen LogP contribution in [0.25, 0.3) is 0 Å². The van der Waals surface area contributed by atoms with Gasteiger partial charge in [0.1, 0.15) is 0 Å². The molecular formula is C16H14ClF3. The highest BCUT2D eigenvalue weighted by Crippen LogP contribution is 2.33. The lowest BCUT2D eigenvalue weighted by atomic mass is 10.0. The van der Waals surface area contributed by atoms with Crippen molar-refractivity contribution in [1.29, 1.82) is 0 Å². The van der Waals surface area contributed by atoms with Gasteiger partial charge in [-0.05, 0) is 30.5 Å². The van der Waals surface area contributed by atoms with E-state index >= 15 is 0 Å². The molecule has 0 spiro atoms. The predicted octanol–water partition coefficient (Wildman–Crippen LogP) is 5.54. The van der Waals surface area contributed by atoms with E-state index in [1.807, 2.05) is 31.2 Å². The highest BCUT2D eigenvalue weighted by molar-refractivity contribution is 6.20. The number of hydrogen-bond acceptors (Lipinski definition) is 0. The predicted molar refractivity (Wildman–Crippen MR) is 74.9 cm³/mol. The second kappa shape index (κ2) is 5.88. The van der Waals surface area contributed by atoms with Crippen molar-refractivity contribution >= 4 is 11.6 Å². The molecule has 0 heterocycles. The molecule has 20 heavy (non-hydrogen) atoms. The number of benzene rings is 2. The molecule has 0 fully saturated rings. The lowest BCUT2D eigenvalue weighted by molar-refractivity contribution is -0.137. The Morgan fingerprint density at radius 3 is 2.40 bits per heavy atom. The maximum Gasteiger partial charge on any atom is 0.416 e. The zero-order valence-corrected chi connectivity index (χ0v) is 11.7. The Labute approximate surface area is 121 Å². The summed E-state index contributed by atoms with van der Waals surface area (Å²) >= 11 is 6.25. The summed E-state index contributed by atoms with van der Waals surface area (Å²) in [6, 6.07) is 13.0. The summed E-state index contributed by atoms with van der Waals surface area (Å²) in [5.74, 6) is 0. The molecule has 0 N–H and O–H groups in total. The van der Waals surface area contributed by atoms with Crippen molar-refractivity contribution in [3.05, 3.63) is 70.8 Å². The van der Waals surface area contributed by atoms with Gasteiger partial charge in [-0.15, -0.1) is 11.6 Å². The largest absolute Gasteiger partial charge is 0.416 e. The molecule has 0 aliphatic carbocycles. The van der Waals surface area contributed by atoms with Crippen LogP contribution >= 0.6 is 11.6 Å². The van der Waals surface area contributed by atoms with Crippen LogP contribution in [0.5, 0.6) is 0 Å². The molecule has 0 amide bonds. The van der Waals surface area contributed by atoms with Crippen LogP contribution in [0.2, 0.25) is 0 Å². The Hall–Kier alpha value is -1.48. The summed E-state index contributed by atoms with van der Waals surface area (Å²) in [6.45, 7) is 1.97. The van der Waals surface area contributed by atoms with Crippen LogP contribution in [0, 0.1) is 6.92 Å². The van der Waals surface area contributed by atoms with Crippen molar-refractivity contribution in [3.8, 4) is 0 Å². The van der Waals surface area contributed by atoms with Gasteiger partial charge < -0.3 is 0 Å². The molecule has 2 aromatic rings. The average Bonchev–Trinajstić information content (AvgIpc) is 2.38. The van der Waals surface area contributed by atoms with Crippen molar-refractivity contribution in [2.75, 3.05) is 0 Å². The monoisotopic (exact) mass is 298 g/mol. The van der Waals surface area contributed by atoms with E-state index in [0.29, 0.717) is 12.0 Å². The molecular weight excluding hydrogens is 285 g/mol. The summed E-state index contributed by atoms with van der Waals surface area (Å²) < 4.78 is 38.0. The van der Waals surface area contributed by atoms with Crippen LogP contribution in [-0.2, 0) is 12.6 Å². The third kappa shape index (κ3) is 3.76. The maximum atomic E-state index is 12.7. The third-order valence-corrected chi connectivity index (χ3v) is 3.48. The number of aryl methyl sites for hydroxylation is 1. The minimum absolute atomic E-state index is 0.473. The minimum atomic E-state index is -4.34. The minimum Gasteiger partial charge on any atom is -0.166 e. The smallest absolute Gasteiger partial charge is 0.166 e. The molecule has 0 aromatic heterocycles. The van der Waals surface area contributed by atoms with Gasteiger partial charge in [-0.25, -0.2) is 0 Å². The SMILES string of the molecule is Cc1cccc(CC(Cl)c2cccc(C(F)(F)F)c2)c1. The first-order valence-electron chi connectivity index (χ1n) is 6.23. The molecule has 4 heteroatoms. The van der Waals surface area contributed by atoms with Crippen LogP contribution in [-0.4, -0.2) is 0 Å². The Morgan fingerprint density at radius 2 is 1.75 bits per heavy atom. The van der Waals surface area contributed by atoms with Crippen molar-refractivity contribution in [2.45, 2.75) is 24.9 Å². The normalized spacial score (nSPS) is 13.2. The second-order valence-electron chi connectivity index (χ2n) is 4.78. The zero-order chi connectivity index (χ0) is 14.8. The average molecular weight is 299 g/mol. The van der Waals surface area contributed by atoms with Gasteiger partial charge in [-0.3, -0.25) is 0 Å². The first kappa shape index (κ1) is 14.9. The van der Waals surface area contributed by atoms with Gasteiger partial charge in [0.15, 0.2) is 0 Å². The number of rotatable bonds is 3. The zero-order valence-electron chi connectivity index (χ0n) is 10.9. The Morgan fingerprint density at radius 1 is 1.05 bits per heavy atom. The molecule has 0 nitrogen and oxygen atoms in total. The molecule has 2 rings (SSSR count). The van der Waals surface area contributed by atoms with Gasteiger partial charge in [0.2, 0.25) is 0 Å². The Bertz CT molecular complexity index is 590. The van der Waals surface area contributed by atoms with Crippen LogP contribution < -0.4 is 0 Å². The lowest BCUT2D eigenvalue weighted by Gasteiger charge is -2.13. The molecule has 0 saturated carbocycles. The fraction of sp³-hybridized carbons (Fsp3) is 0.250. The lowest BCUT2D eigenvalue weighted by Crippen LogP contribution is -2.06. The number of alkyl halides is 4. The molecule has 106 valence electrons. The maximum absolute atomic E-state index is 12.7. The standard InChI is InChI=1S/C16H14ClF3/c1-11-4-2-5-12(8-11)9-15(17)13-6-3-7-14(10-13)16(18,19)20/h2-8,10,15H,9H2,1H3. The highest BCUT2D eigenvalue weighted by atomic mass is 35.5. The highest BCUT2D eigenvalue weighted by Gasteiger charge is 2.30. The molecule has 0 saturated heterocycles. The summed E-state index contributed by atoms with van der Waals surface area (Å²) in [5, 5.41) is -0.473. The molecule has 1 atom stereocenters. The number of hydrogen-bond donors (Lipinski definition) is 0. The molecule has 0 radical (unpaired) electrons. The molecule has 2 aromatic carbocycles. The van der Waals surface area contributed by atoms with Gasteiger partial charge in [0, 0.05) is 0 Å². The summed E-state index contributed by atoms with van der Waals surface area (Å²) in [5.41, 5.74) is 1.95. The van der Waals surface area contributed by atoms with E-state index < -0.39 is 17.1 Å². The van der Waals surface area contributed by atoms with E-state index in [2.05, 4.69) is 0 Å². The fourth-order valence-corrected chi connectivity index (χ4v) is 2.39. The molecule has 0 aliphatic rings. The topological polar surface area (TPSA) is 0 Å². The van der Waals surface area contributed by atoms with Crippen LogP contribution in [0.4, 0.5) is 13.2 Å². The van der Waals surface area contributed by atoms with Crippen molar-refractivity contribution in [2.24, 2.45) is 0 Å². The summed E-state index contributed by atoms with van der Waals surface area (Å²) in [4.78, 5) is 0. The molecule has 0 bridgehead atoms. The van der Waals surface area contributed by atoms with Gasteiger partial charge in [0.05, 0.1) is 10.9 Å². The number of halogens is 4. The van der Waals surface area contributed by atoms with Crippen molar-refractivity contribution < 1.29 is 13.2 Å². The van der Waals surface area contributed by atoms with Crippen LogP contribution in [0.1, 0.15) is 27.6 Å². The first-order chi connectivity index (χ1) is 9.36. The van der Waals surface area contributed by atoms with Crippen LogP contribution in [0.3, 0.4) is 0 Å². The van der Waals surface area contributed by atoms with E-state index in [0.717, 1.165) is 23.3 Å². The Kier molecular flexibility index (Phi) is 4.39.